The van der Waals surface area contributed by atoms with E-state index in [0.29, 0.717) is 23.4 Å². The Kier molecular flexibility index (Phi) is 2.42. The molecule has 0 unspecified atom stereocenters. The number of benzene rings is 1. The third-order valence-electron chi connectivity index (χ3n) is 5.88. The van der Waals surface area contributed by atoms with Gasteiger partial charge in [0.15, 0.2) is 0 Å². The molecule has 0 spiro atoms. The van der Waals surface area contributed by atoms with E-state index >= 15 is 0 Å². The maximum atomic E-state index is 12.2. The van der Waals surface area contributed by atoms with Crippen molar-refractivity contribution < 1.29 is 9.90 Å². The number of carbonyl (C=O) groups excluding carboxylic acids is 1. The van der Waals surface area contributed by atoms with E-state index in [1.165, 1.54) is 16.7 Å². The first kappa shape index (κ1) is 12.2. The van der Waals surface area contributed by atoms with Crippen molar-refractivity contribution in [2.75, 3.05) is 0 Å². The fourth-order valence-corrected chi connectivity index (χ4v) is 4.73. The van der Waals surface area contributed by atoms with Gasteiger partial charge in [-0.1, -0.05) is 24.6 Å². The van der Waals surface area contributed by atoms with Gasteiger partial charge in [-0.2, -0.15) is 0 Å². The lowest BCUT2D eigenvalue weighted by Crippen LogP contribution is -2.37. The highest BCUT2D eigenvalue weighted by Crippen LogP contribution is 2.57. The van der Waals surface area contributed by atoms with Crippen LogP contribution in [0.1, 0.15) is 49.7 Å². The van der Waals surface area contributed by atoms with Crippen molar-refractivity contribution in [1.82, 2.24) is 0 Å². The molecule has 1 aromatic rings. The molecular formula is C18H20O2. The van der Waals surface area contributed by atoms with E-state index in [0.717, 1.165) is 32.1 Å². The van der Waals surface area contributed by atoms with Crippen molar-refractivity contribution in [1.29, 1.82) is 0 Å². The number of hydrogen-bond acceptors (Lipinski definition) is 2. The van der Waals surface area contributed by atoms with Crippen LogP contribution in [-0.2, 0) is 11.2 Å². The van der Waals surface area contributed by atoms with Crippen LogP contribution in [0.4, 0.5) is 0 Å². The van der Waals surface area contributed by atoms with Crippen LogP contribution in [0.15, 0.2) is 29.8 Å². The highest BCUT2D eigenvalue weighted by Gasteiger charge is 2.52. The lowest BCUT2D eigenvalue weighted by atomic mass is 9.60. The molecule has 3 aliphatic rings. The summed E-state index contributed by atoms with van der Waals surface area (Å²) in [5.74, 6) is 1.76. The molecule has 1 N–H and O–H groups in total. The molecular weight excluding hydrogens is 248 g/mol. The lowest BCUT2D eigenvalue weighted by molar-refractivity contribution is -0.126. The van der Waals surface area contributed by atoms with E-state index in [4.69, 9.17) is 0 Å². The zero-order valence-electron chi connectivity index (χ0n) is 11.9. The third kappa shape index (κ3) is 1.48. The summed E-state index contributed by atoms with van der Waals surface area (Å²) in [5, 5.41) is 9.64. The Morgan fingerprint density at radius 1 is 1.30 bits per heavy atom. The first-order valence-electron chi connectivity index (χ1n) is 7.64. The molecule has 20 heavy (non-hydrogen) atoms. The molecule has 104 valence electrons. The van der Waals surface area contributed by atoms with Gasteiger partial charge in [0.2, 0.25) is 0 Å². The first-order chi connectivity index (χ1) is 9.59. The van der Waals surface area contributed by atoms with Gasteiger partial charge in [-0.3, -0.25) is 4.79 Å². The fourth-order valence-electron chi connectivity index (χ4n) is 4.73. The monoisotopic (exact) mass is 268 g/mol. The van der Waals surface area contributed by atoms with Gasteiger partial charge in [0.1, 0.15) is 11.5 Å². The predicted molar refractivity (Wildman–Crippen MR) is 77.7 cm³/mol. The normalized spacial score (nSPS) is 35.0. The summed E-state index contributed by atoms with van der Waals surface area (Å²) in [6.45, 7) is 2.18. The Morgan fingerprint density at radius 3 is 3.00 bits per heavy atom. The summed E-state index contributed by atoms with van der Waals surface area (Å²) in [7, 11) is 0. The highest BCUT2D eigenvalue weighted by molar-refractivity contribution is 5.88. The van der Waals surface area contributed by atoms with Crippen LogP contribution in [0.25, 0.3) is 0 Å². The SMILES string of the molecule is C[C@@]12CC[C@H]3C(=CCc4cc(O)ccc43)[C@@H]1CCC2=O. The number of rotatable bonds is 0. The van der Waals surface area contributed by atoms with Gasteiger partial charge in [0.05, 0.1) is 0 Å². The summed E-state index contributed by atoms with van der Waals surface area (Å²) in [5.41, 5.74) is 4.03. The van der Waals surface area contributed by atoms with Gasteiger partial charge in [-0.05, 0) is 54.9 Å². The molecule has 0 radical (unpaired) electrons. The molecule has 2 heteroatoms. The largest absolute Gasteiger partial charge is 0.508 e. The lowest BCUT2D eigenvalue weighted by Gasteiger charge is -2.43. The summed E-state index contributed by atoms with van der Waals surface area (Å²) in [4.78, 5) is 12.2. The second kappa shape index (κ2) is 3.97. The van der Waals surface area contributed by atoms with Gasteiger partial charge in [0, 0.05) is 17.8 Å². The van der Waals surface area contributed by atoms with E-state index in [1.807, 2.05) is 6.07 Å². The zero-order chi connectivity index (χ0) is 13.9. The predicted octanol–water partition coefficient (Wildman–Crippen LogP) is 3.74. The van der Waals surface area contributed by atoms with Crippen LogP contribution in [0.5, 0.6) is 5.75 Å². The van der Waals surface area contributed by atoms with Gasteiger partial charge in [-0.15, -0.1) is 0 Å². The molecule has 0 aliphatic heterocycles. The number of carbonyl (C=O) groups is 1. The van der Waals surface area contributed by atoms with E-state index in [9.17, 15) is 9.90 Å². The quantitative estimate of drug-likeness (QED) is 0.728. The minimum absolute atomic E-state index is 0.100. The minimum Gasteiger partial charge on any atom is -0.508 e. The van der Waals surface area contributed by atoms with Crippen molar-refractivity contribution >= 4 is 5.78 Å². The Labute approximate surface area is 119 Å². The Balaban J connectivity index is 1.77. The first-order valence-corrected chi connectivity index (χ1v) is 7.64. The van der Waals surface area contributed by atoms with Crippen LogP contribution in [-0.4, -0.2) is 10.9 Å². The number of allylic oxidation sites excluding steroid dienone is 2. The Hall–Kier alpha value is -1.57. The van der Waals surface area contributed by atoms with Crippen LogP contribution in [0.3, 0.4) is 0 Å². The average Bonchev–Trinajstić information content (AvgIpc) is 2.74. The van der Waals surface area contributed by atoms with Gasteiger partial charge in [0.25, 0.3) is 0 Å². The maximum absolute atomic E-state index is 12.2. The molecule has 4 rings (SSSR count). The molecule has 0 saturated heterocycles. The standard InChI is InChI=1S/C18H20O2/c1-18-9-8-14-13-5-3-12(19)10-11(13)2-4-15(14)16(18)6-7-17(18)20/h3-5,10,14,16,19H,2,6-9H2,1H3/t14-,16+,18-/m1/s1. The van der Waals surface area contributed by atoms with Crippen LogP contribution >= 0.6 is 0 Å². The number of Topliss-reactive ketones (excluding diaryl/α,β-unsaturated/α-hetero) is 1. The van der Waals surface area contributed by atoms with Crippen molar-refractivity contribution in [2.45, 2.75) is 44.9 Å². The number of fused-ring (bicyclic) bond motifs is 5. The van der Waals surface area contributed by atoms with Gasteiger partial charge >= 0.3 is 0 Å². The third-order valence-corrected chi connectivity index (χ3v) is 5.88. The van der Waals surface area contributed by atoms with E-state index in [1.54, 1.807) is 6.07 Å². The highest BCUT2D eigenvalue weighted by atomic mass is 16.3. The van der Waals surface area contributed by atoms with Gasteiger partial charge < -0.3 is 5.11 Å². The minimum atomic E-state index is -0.100. The summed E-state index contributed by atoms with van der Waals surface area (Å²) < 4.78 is 0. The number of phenols is 1. The van der Waals surface area contributed by atoms with Crippen molar-refractivity contribution in [3.63, 3.8) is 0 Å². The summed E-state index contributed by atoms with van der Waals surface area (Å²) in [6, 6.07) is 5.79. The second-order valence-electron chi connectivity index (χ2n) is 6.81. The molecule has 0 amide bonds. The number of hydrogen-bond donors (Lipinski definition) is 1. The Bertz CT molecular complexity index is 628. The molecule has 0 bridgehead atoms. The van der Waals surface area contributed by atoms with Crippen LogP contribution in [0, 0.1) is 11.3 Å². The average molecular weight is 268 g/mol. The zero-order valence-corrected chi connectivity index (χ0v) is 11.9. The van der Waals surface area contributed by atoms with Crippen molar-refractivity contribution in [3.05, 3.63) is 41.0 Å². The van der Waals surface area contributed by atoms with Crippen LogP contribution in [0.2, 0.25) is 0 Å². The topological polar surface area (TPSA) is 37.3 Å². The van der Waals surface area contributed by atoms with E-state index < -0.39 is 0 Å². The molecule has 2 fully saturated rings. The molecule has 3 aliphatic carbocycles. The number of ketones is 1. The smallest absolute Gasteiger partial charge is 0.139 e. The second-order valence-corrected chi connectivity index (χ2v) is 6.81. The molecule has 0 heterocycles. The summed E-state index contributed by atoms with van der Waals surface area (Å²) in [6.07, 6.45) is 7.11. The molecule has 1 aromatic carbocycles. The number of aromatic hydroxyl groups is 1. The van der Waals surface area contributed by atoms with Crippen molar-refractivity contribution in [3.8, 4) is 5.75 Å². The number of phenolic OH excluding ortho intramolecular Hbond substituents is 1. The summed E-state index contributed by atoms with van der Waals surface area (Å²) >= 11 is 0. The van der Waals surface area contributed by atoms with Gasteiger partial charge in [-0.25, -0.2) is 0 Å². The molecule has 2 saturated carbocycles. The fraction of sp³-hybridized carbons (Fsp3) is 0.500. The van der Waals surface area contributed by atoms with E-state index in [-0.39, 0.29) is 5.41 Å². The maximum Gasteiger partial charge on any atom is 0.139 e. The molecule has 2 nitrogen and oxygen atoms in total. The van der Waals surface area contributed by atoms with Crippen molar-refractivity contribution in [2.24, 2.45) is 11.3 Å². The molecule has 3 atom stereocenters. The van der Waals surface area contributed by atoms with Crippen LogP contribution < -0.4 is 0 Å². The van der Waals surface area contributed by atoms with E-state index in [2.05, 4.69) is 19.1 Å². The Morgan fingerprint density at radius 2 is 2.15 bits per heavy atom. The molecule has 0 aromatic heterocycles.